The second-order valence-corrected chi connectivity index (χ2v) is 0.224. The van der Waals surface area contributed by atoms with Crippen LogP contribution in [-0.2, 0) is 0 Å². The third-order valence-corrected chi connectivity index (χ3v) is 0. The molecule has 0 saturated carbocycles. The molecule has 0 aliphatic rings. The monoisotopic (exact) mass is 137 g/mol. The average molecular weight is 138 g/mol. The van der Waals surface area contributed by atoms with Gasteiger partial charge >= 0.3 is 37.7 Å². The van der Waals surface area contributed by atoms with Crippen molar-refractivity contribution in [2.24, 2.45) is 0 Å². The third kappa shape index (κ3) is 119. The summed E-state index contributed by atoms with van der Waals surface area (Å²) in [6.07, 6.45) is 0. The number of halogens is 1. The van der Waals surface area contributed by atoms with Gasteiger partial charge in [0.1, 0.15) is 0 Å². The molecule has 0 unspecified atom stereocenters. The summed E-state index contributed by atoms with van der Waals surface area (Å²) >= 11 is 0. The summed E-state index contributed by atoms with van der Waals surface area (Å²) < 4.78 is 0. The minimum atomic E-state index is -1.75. The van der Waals surface area contributed by atoms with Gasteiger partial charge in [-0.3, -0.25) is 0 Å². The molecule has 0 aliphatic heterocycles. The van der Waals surface area contributed by atoms with E-state index in [1.165, 1.54) is 0 Å². The molecule has 0 amide bonds. The Morgan fingerprint density at radius 2 is 1.33 bits per heavy atom. The largest absolute Gasteiger partial charge is 2.00 e. The minimum absolute atomic E-state index is 0. The summed E-state index contributed by atoms with van der Waals surface area (Å²) in [4.78, 5) is 8.25. The molecule has 6 heavy (non-hydrogen) atoms. The van der Waals surface area contributed by atoms with E-state index in [0.717, 1.165) is 0 Å². The molecule has 0 radical (unpaired) electrons. The van der Waals surface area contributed by atoms with Crippen molar-refractivity contribution >= 4 is 37.7 Å². The van der Waals surface area contributed by atoms with Crippen LogP contribution < -0.4 is 12.4 Å². The first-order valence-corrected chi connectivity index (χ1v) is 0.548. The second kappa shape index (κ2) is 9.23. The van der Waals surface area contributed by atoms with Gasteiger partial charge in [0.15, 0.2) is 0 Å². The van der Waals surface area contributed by atoms with E-state index in [1.807, 2.05) is 0 Å². The Hall–Kier alpha value is 0.750. The van der Waals surface area contributed by atoms with Gasteiger partial charge in [0.2, 0.25) is 0 Å². The smallest absolute Gasteiger partial charge is 1.00 e. The van der Waals surface area contributed by atoms with Gasteiger partial charge in [0, 0.05) is 0 Å². The molecule has 0 atom stereocenters. The molecule has 0 heterocycles. The maximum absolute atomic E-state index is 8.25. The topological polar surface area (TPSA) is 66.2 Å². The molecule has 0 saturated heterocycles. The van der Waals surface area contributed by atoms with Crippen LogP contribution in [0.3, 0.4) is 0 Å². The summed E-state index contributed by atoms with van der Waals surface area (Å²) in [7, 11) is 0. The van der Waals surface area contributed by atoms with E-state index in [2.05, 4.69) is 0 Å². The number of hydrogen-bond acceptors (Lipinski definition) is 3. The normalized spacial score (nSPS) is 4.00. The molecule has 0 aromatic carbocycles. The molecule has 6 heteroatoms. The van der Waals surface area contributed by atoms with Crippen molar-refractivity contribution in [2.45, 2.75) is 0 Å². The Labute approximate surface area is 70.0 Å². The van der Waals surface area contributed by atoms with Crippen molar-refractivity contribution in [1.29, 1.82) is 0 Å². The minimum Gasteiger partial charge on any atom is -1.00 e. The van der Waals surface area contributed by atoms with Crippen LogP contribution in [0.5, 0.6) is 0 Å². The Balaban J connectivity index is -0.0000000450. The standard InChI is InChI=1S/Ca.ClH.NO3/c;;2-1(3)4/h;1H;/q+2;;-1/p-1. The fraction of sp³-hybridized carbons (Fsp3) is 0. The maximum Gasteiger partial charge on any atom is 2.00 e. The average Bonchev–Trinajstić information content (AvgIpc) is 0.811. The molecular weight excluding hydrogens is 138 g/mol. The van der Waals surface area contributed by atoms with Crippen LogP contribution in [-0.4, -0.2) is 42.8 Å². The SMILES string of the molecule is O=[N+]([O-])[O-].[Ca+2].[Cl-]. The van der Waals surface area contributed by atoms with Crippen LogP contribution in [0.25, 0.3) is 0 Å². The zero-order chi connectivity index (χ0) is 3.58. The second-order valence-electron chi connectivity index (χ2n) is 0.224. The van der Waals surface area contributed by atoms with Crippen LogP contribution in [0.1, 0.15) is 0 Å². The molecule has 4 nitrogen and oxygen atoms in total. The van der Waals surface area contributed by atoms with E-state index in [1.54, 1.807) is 0 Å². The Kier molecular flexibility index (Phi) is 24.4. The summed E-state index contributed by atoms with van der Waals surface area (Å²) in [5.41, 5.74) is 0. The summed E-state index contributed by atoms with van der Waals surface area (Å²) in [6.45, 7) is 0. The predicted molar refractivity (Wildman–Crippen MR) is 16.1 cm³/mol. The van der Waals surface area contributed by atoms with Crippen molar-refractivity contribution in [3.8, 4) is 0 Å². The quantitative estimate of drug-likeness (QED) is 0.197. The number of nitrogens with zero attached hydrogens (tertiary/aromatic N) is 1. The van der Waals surface area contributed by atoms with Gasteiger partial charge in [-0.15, -0.1) is 0 Å². The Morgan fingerprint density at radius 1 is 1.33 bits per heavy atom. The molecule has 0 rings (SSSR count). The van der Waals surface area contributed by atoms with Crippen molar-refractivity contribution in [1.82, 2.24) is 0 Å². The Morgan fingerprint density at radius 3 is 1.33 bits per heavy atom. The van der Waals surface area contributed by atoms with Crippen LogP contribution >= 0.6 is 0 Å². The number of hydrogen-bond donors (Lipinski definition) is 0. The van der Waals surface area contributed by atoms with Crippen LogP contribution in [0.2, 0.25) is 0 Å². The van der Waals surface area contributed by atoms with Gasteiger partial charge in [0.05, 0.1) is 5.09 Å². The van der Waals surface area contributed by atoms with Gasteiger partial charge < -0.3 is 27.7 Å². The molecule has 0 spiro atoms. The first kappa shape index (κ1) is 15.9. The molecule has 0 fully saturated rings. The first-order chi connectivity index (χ1) is 1.73. The van der Waals surface area contributed by atoms with Crippen LogP contribution in [0, 0.1) is 15.3 Å². The fourth-order valence-electron chi connectivity index (χ4n) is 0. The van der Waals surface area contributed by atoms with Crippen molar-refractivity contribution < 1.29 is 17.5 Å². The predicted octanol–water partition coefficient (Wildman–Crippen LogP) is -3.62. The molecular formula is CaClNO3. The third-order valence-electron chi connectivity index (χ3n) is 0. The maximum atomic E-state index is 8.25. The molecule has 0 aromatic rings. The van der Waals surface area contributed by atoms with E-state index in [4.69, 9.17) is 15.3 Å². The van der Waals surface area contributed by atoms with Crippen LogP contribution in [0.4, 0.5) is 0 Å². The molecule has 0 N–H and O–H groups in total. The fourth-order valence-corrected chi connectivity index (χ4v) is 0. The van der Waals surface area contributed by atoms with E-state index in [-0.39, 0.29) is 50.1 Å². The first-order valence-electron chi connectivity index (χ1n) is 0.548. The summed E-state index contributed by atoms with van der Waals surface area (Å²) in [5, 5.41) is 14.8. The summed E-state index contributed by atoms with van der Waals surface area (Å²) in [6, 6.07) is 0. The van der Waals surface area contributed by atoms with E-state index in [9.17, 15) is 0 Å². The van der Waals surface area contributed by atoms with E-state index in [0.29, 0.717) is 0 Å². The van der Waals surface area contributed by atoms with E-state index >= 15 is 0 Å². The van der Waals surface area contributed by atoms with Gasteiger partial charge in [-0.2, -0.15) is 0 Å². The molecule has 0 aliphatic carbocycles. The number of rotatable bonds is 0. The van der Waals surface area contributed by atoms with Crippen LogP contribution in [0.15, 0.2) is 0 Å². The van der Waals surface area contributed by atoms with Gasteiger partial charge in [-0.25, -0.2) is 0 Å². The Bertz CT molecular complexity index is 33.8. The zero-order valence-electron chi connectivity index (χ0n) is 2.76. The van der Waals surface area contributed by atoms with Crippen molar-refractivity contribution in [3.05, 3.63) is 15.3 Å². The van der Waals surface area contributed by atoms with Crippen molar-refractivity contribution in [2.75, 3.05) is 0 Å². The molecule has 0 aromatic heterocycles. The molecule has 32 valence electrons. The summed E-state index contributed by atoms with van der Waals surface area (Å²) in [5.74, 6) is 0. The van der Waals surface area contributed by atoms with Crippen molar-refractivity contribution in [3.63, 3.8) is 0 Å². The van der Waals surface area contributed by atoms with E-state index < -0.39 is 5.09 Å². The van der Waals surface area contributed by atoms with Gasteiger partial charge in [0.25, 0.3) is 0 Å². The van der Waals surface area contributed by atoms with Gasteiger partial charge in [-0.1, -0.05) is 0 Å². The zero-order valence-corrected chi connectivity index (χ0v) is 5.72. The van der Waals surface area contributed by atoms with Gasteiger partial charge in [-0.05, 0) is 0 Å². The molecule has 0 bridgehead atoms.